The summed E-state index contributed by atoms with van der Waals surface area (Å²) in [5.74, 6) is -0.319. The van der Waals surface area contributed by atoms with Crippen LogP contribution in [0.2, 0.25) is 0 Å². The molecule has 21 heavy (non-hydrogen) atoms. The number of hydrogen-bond donors (Lipinski definition) is 1. The van der Waals surface area contributed by atoms with Gasteiger partial charge in [0.2, 0.25) is 10.0 Å². The van der Waals surface area contributed by atoms with Crippen molar-refractivity contribution >= 4 is 10.0 Å². The Balaban J connectivity index is 2.07. The molecule has 2 aromatic carbocycles. The quantitative estimate of drug-likeness (QED) is 0.892. The van der Waals surface area contributed by atoms with E-state index >= 15 is 0 Å². The smallest absolute Gasteiger partial charge is 0.216 e. The fourth-order valence-electron chi connectivity index (χ4n) is 1.91. The summed E-state index contributed by atoms with van der Waals surface area (Å²) in [5.41, 5.74) is 0.863. The van der Waals surface area contributed by atoms with Crippen LogP contribution in [-0.2, 0) is 22.3 Å². The highest BCUT2D eigenvalue weighted by Crippen LogP contribution is 2.17. The molecule has 0 unspecified atom stereocenters. The number of methoxy groups -OCH3 is 1. The summed E-state index contributed by atoms with van der Waals surface area (Å²) >= 11 is 0. The van der Waals surface area contributed by atoms with Gasteiger partial charge >= 0.3 is 0 Å². The van der Waals surface area contributed by atoms with Gasteiger partial charge in [-0.3, -0.25) is 0 Å². The van der Waals surface area contributed by atoms with E-state index in [-0.39, 0.29) is 12.1 Å². The average molecular weight is 309 g/mol. The van der Waals surface area contributed by atoms with E-state index < -0.39 is 21.6 Å². The monoisotopic (exact) mass is 309 g/mol. The Bertz CT molecular complexity index is 716. The lowest BCUT2D eigenvalue weighted by atomic mass is 10.2. The molecule has 0 fully saturated rings. The molecule has 0 spiro atoms. The molecular weight excluding hydrogens is 293 g/mol. The third kappa shape index (κ3) is 4.27. The minimum Gasteiger partial charge on any atom is -0.496 e. The van der Waals surface area contributed by atoms with Crippen molar-refractivity contribution in [2.75, 3.05) is 7.11 Å². The summed E-state index contributed by atoms with van der Waals surface area (Å²) in [6.45, 7) is 0.0980. The molecule has 4 nitrogen and oxygen atoms in total. The Morgan fingerprint density at radius 2 is 1.67 bits per heavy atom. The van der Waals surface area contributed by atoms with Crippen LogP contribution in [0.4, 0.5) is 4.39 Å². The molecule has 0 saturated heterocycles. The number of nitrogens with one attached hydrogen (secondary N) is 1. The molecule has 1 N–H and O–H groups in total. The first kappa shape index (κ1) is 15.5. The first-order valence-electron chi connectivity index (χ1n) is 6.34. The van der Waals surface area contributed by atoms with E-state index in [0.717, 1.165) is 5.56 Å². The summed E-state index contributed by atoms with van der Waals surface area (Å²) in [6, 6.07) is 12.9. The van der Waals surface area contributed by atoms with Crippen LogP contribution < -0.4 is 9.46 Å². The second kappa shape index (κ2) is 6.69. The minimum absolute atomic E-state index is 0.0980. The molecule has 0 saturated carbocycles. The lowest BCUT2D eigenvalue weighted by Crippen LogP contribution is -2.25. The molecule has 0 heterocycles. The third-order valence-electron chi connectivity index (χ3n) is 2.98. The van der Waals surface area contributed by atoms with Crippen LogP contribution in [0, 0.1) is 5.82 Å². The summed E-state index contributed by atoms with van der Waals surface area (Å²) in [5, 5.41) is 0. The van der Waals surface area contributed by atoms with Gasteiger partial charge in [0.15, 0.2) is 0 Å². The van der Waals surface area contributed by atoms with E-state index in [0.29, 0.717) is 5.75 Å². The second-order valence-electron chi connectivity index (χ2n) is 4.48. The Kier molecular flexibility index (Phi) is 4.93. The van der Waals surface area contributed by atoms with Crippen LogP contribution in [0.15, 0.2) is 48.5 Å². The highest BCUT2D eigenvalue weighted by Gasteiger charge is 2.15. The molecule has 0 aliphatic carbocycles. The molecule has 112 valence electrons. The maximum Gasteiger partial charge on any atom is 0.216 e. The number of sulfonamides is 1. The van der Waals surface area contributed by atoms with Crippen LogP contribution in [0.1, 0.15) is 11.1 Å². The van der Waals surface area contributed by atoms with Crippen molar-refractivity contribution in [1.82, 2.24) is 4.72 Å². The summed E-state index contributed by atoms with van der Waals surface area (Å²) < 4.78 is 45.1. The SMILES string of the molecule is COc1ccccc1CNS(=O)(=O)Cc1ccccc1F. The molecular formula is C15H16FNO3S. The molecule has 0 atom stereocenters. The van der Waals surface area contributed by atoms with Gasteiger partial charge in [-0.05, 0) is 12.1 Å². The zero-order valence-corrected chi connectivity index (χ0v) is 12.4. The zero-order chi connectivity index (χ0) is 15.3. The number of hydrogen-bond acceptors (Lipinski definition) is 3. The minimum atomic E-state index is -3.63. The van der Waals surface area contributed by atoms with E-state index in [9.17, 15) is 12.8 Å². The van der Waals surface area contributed by atoms with E-state index in [4.69, 9.17) is 4.74 Å². The van der Waals surface area contributed by atoms with E-state index in [1.807, 2.05) is 0 Å². The van der Waals surface area contributed by atoms with Crippen LogP contribution >= 0.6 is 0 Å². The number of benzene rings is 2. The Hall–Kier alpha value is -1.92. The molecule has 0 aliphatic heterocycles. The van der Waals surface area contributed by atoms with Crippen molar-refractivity contribution in [3.63, 3.8) is 0 Å². The molecule has 0 aliphatic rings. The number of halogens is 1. The number of para-hydroxylation sites is 1. The maximum absolute atomic E-state index is 13.5. The lowest BCUT2D eigenvalue weighted by Gasteiger charge is -2.10. The molecule has 2 aromatic rings. The first-order chi connectivity index (χ1) is 10.0. The highest BCUT2D eigenvalue weighted by atomic mass is 32.2. The maximum atomic E-state index is 13.5. The van der Waals surface area contributed by atoms with Gasteiger partial charge in [0.05, 0.1) is 12.9 Å². The van der Waals surface area contributed by atoms with Gasteiger partial charge < -0.3 is 4.74 Å². The van der Waals surface area contributed by atoms with Gasteiger partial charge in [0.25, 0.3) is 0 Å². The van der Waals surface area contributed by atoms with Crippen LogP contribution in [0.25, 0.3) is 0 Å². The van der Waals surface area contributed by atoms with Gasteiger partial charge in [-0.2, -0.15) is 0 Å². The first-order valence-corrected chi connectivity index (χ1v) is 8.00. The van der Waals surface area contributed by atoms with Crippen LogP contribution in [-0.4, -0.2) is 15.5 Å². The van der Waals surface area contributed by atoms with Crippen molar-refractivity contribution in [1.29, 1.82) is 0 Å². The fourth-order valence-corrected chi connectivity index (χ4v) is 3.03. The van der Waals surface area contributed by atoms with Gasteiger partial charge in [-0.1, -0.05) is 36.4 Å². The van der Waals surface area contributed by atoms with E-state index in [2.05, 4.69) is 4.72 Å². The topological polar surface area (TPSA) is 55.4 Å². The molecule has 2 rings (SSSR count). The largest absolute Gasteiger partial charge is 0.496 e. The van der Waals surface area contributed by atoms with E-state index in [1.165, 1.54) is 25.3 Å². The number of rotatable bonds is 6. The highest BCUT2D eigenvalue weighted by molar-refractivity contribution is 7.88. The lowest BCUT2D eigenvalue weighted by molar-refractivity contribution is 0.409. The Morgan fingerprint density at radius 1 is 1.05 bits per heavy atom. The predicted molar refractivity (Wildman–Crippen MR) is 78.9 cm³/mol. The third-order valence-corrected chi connectivity index (χ3v) is 4.25. The summed E-state index contributed by atoms with van der Waals surface area (Å²) in [6.07, 6.45) is 0. The molecule has 0 amide bonds. The Labute approximate surface area is 123 Å². The summed E-state index contributed by atoms with van der Waals surface area (Å²) in [7, 11) is -2.11. The average Bonchev–Trinajstić information content (AvgIpc) is 2.48. The van der Waals surface area contributed by atoms with Crippen molar-refractivity contribution < 1.29 is 17.5 Å². The van der Waals surface area contributed by atoms with Crippen molar-refractivity contribution in [2.24, 2.45) is 0 Å². The van der Waals surface area contributed by atoms with Crippen molar-refractivity contribution in [2.45, 2.75) is 12.3 Å². The normalized spacial score (nSPS) is 11.3. The van der Waals surface area contributed by atoms with Crippen LogP contribution in [0.3, 0.4) is 0 Å². The molecule has 0 radical (unpaired) electrons. The van der Waals surface area contributed by atoms with E-state index in [1.54, 1.807) is 30.3 Å². The second-order valence-corrected chi connectivity index (χ2v) is 6.29. The Morgan fingerprint density at radius 3 is 2.33 bits per heavy atom. The summed E-state index contributed by atoms with van der Waals surface area (Å²) in [4.78, 5) is 0. The van der Waals surface area contributed by atoms with Crippen LogP contribution in [0.5, 0.6) is 5.75 Å². The van der Waals surface area contributed by atoms with Crippen molar-refractivity contribution in [3.05, 3.63) is 65.5 Å². The molecule has 6 heteroatoms. The van der Waals surface area contributed by atoms with Gasteiger partial charge in [0, 0.05) is 17.7 Å². The van der Waals surface area contributed by atoms with Gasteiger partial charge in [-0.25, -0.2) is 17.5 Å². The molecule has 0 aromatic heterocycles. The van der Waals surface area contributed by atoms with Gasteiger partial charge in [-0.15, -0.1) is 0 Å². The fraction of sp³-hybridized carbons (Fsp3) is 0.200. The standard InChI is InChI=1S/C15H16FNO3S/c1-20-15-9-5-3-6-12(15)10-17-21(18,19)11-13-7-2-4-8-14(13)16/h2-9,17H,10-11H2,1H3. The zero-order valence-electron chi connectivity index (χ0n) is 11.5. The number of ether oxygens (including phenoxy) is 1. The van der Waals surface area contributed by atoms with Crippen molar-refractivity contribution in [3.8, 4) is 5.75 Å². The van der Waals surface area contributed by atoms with Gasteiger partial charge in [0.1, 0.15) is 11.6 Å². The predicted octanol–water partition coefficient (Wildman–Crippen LogP) is 2.45. The molecule has 0 bridgehead atoms.